The number of pyridine rings is 1. The number of rotatable bonds is 2. The van der Waals surface area contributed by atoms with E-state index >= 15 is 0 Å². The van der Waals surface area contributed by atoms with Gasteiger partial charge in [-0.15, -0.1) is 10.2 Å². The highest BCUT2D eigenvalue weighted by molar-refractivity contribution is 5.92. The quantitative estimate of drug-likeness (QED) is 0.836. The Kier molecular flexibility index (Phi) is 3.97. The summed E-state index contributed by atoms with van der Waals surface area (Å²) in [6.45, 7) is 1.85. The van der Waals surface area contributed by atoms with E-state index in [0.29, 0.717) is 31.9 Å². The molecule has 2 atom stereocenters. The van der Waals surface area contributed by atoms with Crippen LogP contribution in [0.3, 0.4) is 0 Å². The molecule has 0 saturated carbocycles. The Morgan fingerprint density at radius 2 is 2.20 bits per heavy atom. The van der Waals surface area contributed by atoms with Crippen molar-refractivity contribution in [1.82, 2.24) is 29.5 Å². The lowest BCUT2D eigenvalue weighted by molar-refractivity contribution is 0.0693. The molecule has 8 nitrogen and oxygen atoms in total. The second kappa shape index (κ2) is 6.16. The highest BCUT2D eigenvalue weighted by Gasteiger charge is 2.35. The molecule has 2 aliphatic heterocycles. The van der Waals surface area contributed by atoms with Crippen molar-refractivity contribution in [3.63, 3.8) is 0 Å². The van der Waals surface area contributed by atoms with Crippen LogP contribution in [0, 0.1) is 5.82 Å². The first kappa shape index (κ1) is 16.1. The minimum absolute atomic E-state index is 0.0201. The van der Waals surface area contributed by atoms with Crippen LogP contribution in [0.4, 0.5) is 4.39 Å². The molecule has 1 amide bonds. The fourth-order valence-corrected chi connectivity index (χ4v) is 3.57. The number of likely N-dealkylation sites (tertiary alicyclic amines) is 1. The maximum absolute atomic E-state index is 13.8. The van der Waals surface area contributed by atoms with Gasteiger partial charge in [-0.2, -0.15) is 0 Å². The topological polar surface area (TPSA) is 87.4 Å². The zero-order chi connectivity index (χ0) is 17.6. The Morgan fingerprint density at radius 3 is 2.92 bits per heavy atom. The molecule has 0 unspecified atom stereocenters. The maximum atomic E-state index is 13.8. The van der Waals surface area contributed by atoms with E-state index in [-0.39, 0.29) is 24.4 Å². The van der Waals surface area contributed by atoms with Gasteiger partial charge in [0, 0.05) is 25.8 Å². The second-order valence-corrected chi connectivity index (χ2v) is 6.53. The third kappa shape index (κ3) is 2.79. The maximum Gasteiger partial charge on any atom is 0.275 e. The molecule has 0 radical (unpaired) electrons. The van der Waals surface area contributed by atoms with Gasteiger partial charge in [0.05, 0.1) is 18.7 Å². The Morgan fingerprint density at radius 1 is 1.36 bits per heavy atom. The molecule has 2 aromatic rings. The van der Waals surface area contributed by atoms with Gasteiger partial charge in [-0.25, -0.2) is 9.37 Å². The van der Waals surface area contributed by atoms with Crippen LogP contribution in [0.2, 0.25) is 0 Å². The predicted molar refractivity (Wildman–Crippen MR) is 85.0 cm³/mol. The largest absolute Gasteiger partial charge is 0.392 e. The molecule has 0 aliphatic carbocycles. The SMILES string of the molecule is CN1C[C@H](O)C[C@H]1c1nnc2n1CCN(C(=O)c1ncccc1F)C2. The standard InChI is InChI=1S/C16H19FN6O2/c1-21-8-10(24)7-12(21)15-20-19-13-9-22(5-6-23(13)15)16(25)14-11(17)3-2-4-18-14/h2-4,10,12,24H,5-9H2,1H3/t10-,12+/m1/s1. The van der Waals surface area contributed by atoms with Gasteiger partial charge in [0.15, 0.2) is 23.2 Å². The minimum Gasteiger partial charge on any atom is -0.392 e. The number of carbonyl (C=O) groups excluding carboxylic acids is 1. The van der Waals surface area contributed by atoms with E-state index in [1.54, 1.807) is 0 Å². The number of β-amino-alcohol motifs (C(OH)–C–C–N with tert-alkyl or cyclic N) is 1. The number of hydrogen-bond donors (Lipinski definition) is 1. The molecule has 2 aromatic heterocycles. The molecular weight excluding hydrogens is 327 g/mol. The minimum atomic E-state index is -0.623. The van der Waals surface area contributed by atoms with E-state index in [2.05, 4.69) is 20.1 Å². The van der Waals surface area contributed by atoms with E-state index in [0.717, 1.165) is 5.82 Å². The van der Waals surface area contributed by atoms with E-state index in [1.807, 2.05) is 11.6 Å². The summed E-state index contributed by atoms with van der Waals surface area (Å²) in [4.78, 5) is 20.0. The number of hydrogen-bond acceptors (Lipinski definition) is 6. The summed E-state index contributed by atoms with van der Waals surface area (Å²) in [5, 5.41) is 18.3. The van der Waals surface area contributed by atoms with Crippen LogP contribution in [-0.4, -0.2) is 66.8 Å². The molecule has 0 bridgehead atoms. The van der Waals surface area contributed by atoms with E-state index in [1.165, 1.54) is 23.2 Å². The summed E-state index contributed by atoms with van der Waals surface area (Å²) < 4.78 is 15.8. The molecule has 0 spiro atoms. The molecule has 2 aliphatic rings. The van der Waals surface area contributed by atoms with Gasteiger partial charge in [-0.3, -0.25) is 9.69 Å². The summed E-state index contributed by atoms with van der Waals surface area (Å²) in [6.07, 6.45) is 1.66. The van der Waals surface area contributed by atoms with E-state index in [9.17, 15) is 14.3 Å². The smallest absolute Gasteiger partial charge is 0.275 e. The number of amides is 1. The van der Waals surface area contributed by atoms with Gasteiger partial charge >= 0.3 is 0 Å². The van der Waals surface area contributed by atoms with Gasteiger partial charge in [0.1, 0.15) is 0 Å². The Labute approximate surface area is 143 Å². The van der Waals surface area contributed by atoms with E-state index in [4.69, 9.17) is 0 Å². The first-order valence-corrected chi connectivity index (χ1v) is 8.24. The third-order valence-electron chi connectivity index (χ3n) is 4.85. The number of aliphatic hydroxyl groups is 1. The molecule has 9 heteroatoms. The number of likely N-dealkylation sites (N-methyl/N-ethyl adjacent to an activating group) is 1. The van der Waals surface area contributed by atoms with E-state index < -0.39 is 11.7 Å². The van der Waals surface area contributed by atoms with Crippen molar-refractivity contribution >= 4 is 5.91 Å². The first-order chi connectivity index (χ1) is 12.0. The Bertz CT molecular complexity index is 810. The number of halogens is 1. The van der Waals surface area contributed by atoms with Crippen LogP contribution in [0.15, 0.2) is 18.3 Å². The molecule has 132 valence electrons. The second-order valence-electron chi connectivity index (χ2n) is 6.53. The van der Waals surface area contributed by atoms with Crippen LogP contribution in [-0.2, 0) is 13.1 Å². The van der Waals surface area contributed by atoms with Gasteiger partial charge in [-0.1, -0.05) is 0 Å². The molecule has 1 N–H and O–H groups in total. The highest BCUT2D eigenvalue weighted by atomic mass is 19.1. The lowest BCUT2D eigenvalue weighted by Crippen LogP contribution is -2.40. The normalized spacial score (nSPS) is 23.7. The van der Waals surface area contributed by atoms with Crippen molar-refractivity contribution < 1.29 is 14.3 Å². The molecular formula is C16H19FN6O2. The molecule has 1 saturated heterocycles. The average Bonchev–Trinajstić information content (AvgIpc) is 3.16. The van der Waals surface area contributed by atoms with Gasteiger partial charge in [-0.05, 0) is 25.6 Å². The van der Waals surface area contributed by atoms with Crippen molar-refractivity contribution in [2.45, 2.75) is 31.7 Å². The zero-order valence-corrected chi connectivity index (χ0v) is 13.8. The first-order valence-electron chi connectivity index (χ1n) is 8.24. The van der Waals surface area contributed by atoms with Crippen molar-refractivity contribution in [3.05, 3.63) is 41.5 Å². The lowest BCUT2D eigenvalue weighted by Gasteiger charge is -2.29. The number of fused-ring (bicyclic) bond motifs is 1. The summed E-state index contributed by atoms with van der Waals surface area (Å²) in [7, 11) is 1.95. The molecule has 0 aromatic carbocycles. The van der Waals surface area contributed by atoms with Crippen LogP contribution < -0.4 is 0 Å². The third-order valence-corrected chi connectivity index (χ3v) is 4.85. The fourth-order valence-electron chi connectivity index (χ4n) is 3.57. The monoisotopic (exact) mass is 346 g/mol. The van der Waals surface area contributed by atoms with Crippen LogP contribution in [0.1, 0.15) is 34.6 Å². The molecule has 25 heavy (non-hydrogen) atoms. The summed E-state index contributed by atoms with van der Waals surface area (Å²) in [5.74, 6) is 0.412. The molecule has 4 heterocycles. The number of aromatic nitrogens is 4. The van der Waals surface area contributed by atoms with Gasteiger partial charge < -0.3 is 14.6 Å². The fraction of sp³-hybridized carbons (Fsp3) is 0.500. The Balaban J connectivity index is 1.55. The molecule has 4 rings (SSSR count). The zero-order valence-electron chi connectivity index (χ0n) is 13.8. The lowest BCUT2D eigenvalue weighted by atomic mass is 10.2. The number of nitrogens with zero attached hydrogens (tertiary/aromatic N) is 6. The predicted octanol–water partition coefficient (Wildman–Crippen LogP) is 0.206. The van der Waals surface area contributed by atoms with Crippen LogP contribution in [0.25, 0.3) is 0 Å². The van der Waals surface area contributed by atoms with Crippen LogP contribution >= 0.6 is 0 Å². The summed E-state index contributed by atoms with van der Waals surface area (Å²) >= 11 is 0. The number of carbonyl (C=O) groups is 1. The highest BCUT2D eigenvalue weighted by Crippen LogP contribution is 2.31. The number of aliphatic hydroxyl groups excluding tert-OH is 1. The summed E-state index contributed by atoms with van der Waals surface area (Å²) in [6, 6.07) is 2.70. The average molecular weight is 346 g/mol. The van der Waals surface area contributed by atoms with Crippen LogP contribution in [0.5, 0.6) is 0 Å². The van der Waals surface area contributed by atoms with Crippen molar-refractivity contribution in [3.8, 4) is 0 Å². The van der Waals surface area contributed by atoms with Gasteiger partial charge in [0.2, 0.25) is 0 Å². The van der Waals surface area contributed by atoms with Crippen molar-refractivity contribution in [2.24, 2.45) is 0 Å². The van der Waals surface area contributed by atoms with Crippen molar-refractivity contribution in [2.75, 3.05) is 20.1 Å². The Hall–Kier alpha value is -2.39. The summed E-state index contributed by atoms with van der Waals surface area (Å²) in [5.41, 5.74) is -0.172. The molecule has 1 fully saturated rings. The van der Waals surface area contributed by atoms with Crippen molar-refractivity contribution in [1.29, 1.82) is 0 Å². The van der Waals surface area contributed by atoms with Gasteiger partial charge in [0.25, 0.3) is 5.91 Å².